The van der Waals surface area contributed by atoms with E-state index in [2.05, 4.69) is 5.32 Å². The van der Waals surface area contributed by atoms with Crippen LogP contribution in [0.25, 0.3) is 0 Å². The van der Waals surface area contributed by atoms with Crippen molar-refractivity contribution in [2.45, 2.75) is 64.3 Å². The molecule has 2 rings (SSSR count). The van der Waals surface area contributed by atoms with Crippen LogP contribution in [0.1, 0.15) is 79.0 Å². The molecule has 10 nitrogen and oxygen atoms in total. The number of imide groups is 2. The SMILES string of the molecule is CC(CCC(=O)NC=O)N1C(=O)c2cccc(OCC(=O)NCCCCCCCCN)c2C1=O. The third kappa shape index (κ3) is 7.65. The van der Waals surface area contributed by atoms with Crippen LogP contribution in [0.4, 0.5) is 0 Å². The summed E-state index contributed by atoms with van der Waals surface area (Å²) in [6.45, 7) is 2.66. The van der Waals surface area contributed by atoms with Gasteiger partial charge in [-0.1, -0.05) is 31.7 Å². The first-order valence-electron chi connectivity index (χ1n) is 11.7. The molecule has 1 unspecified atom stereocenters. The first kappa shape index (κ1) is 27.0. The van der Waals surface area contributed by atoms with Gasteiger partial charge in [0.05, 0.1) is 11.1 Å². The molecule has 0 aliphatic carbocycles. The van der Waals surface area contributed by atoms with Crippen molar-refractivity contribution in [3.8, 4) is 5.75 Å². The van der Waals surface area contributed by atoms with Crippen molar-refractivity contribution in [2.24, 2.45) is 5.73 Å². The van der Waals surface area contributed by atoms with Gasteiger partial charge in [0.2, 0.25) is 12.3 Å². The van der Waals surface area contributed by atoms with Gasteiger partial charge in [-0.15, -0.1) is 0 Å². The monoisotopic (exact) mass is 474 g/mol. The van der Waals surface area contributed by atoms with Crippen LogP contribution in [-0.2, 0) is 14.4 Å². The van der Waals surface area contributed by atoms with Gasteiger partial charge in [0, 0.05) is 19.0 Å². The third-order valence-corrected chi connectivity index (χ3v) is 5.67. The highest BCUT2D eigenvalue weighted by Gasteiger charge is 2.40. The number of hydrogen-bond donors (Lipinski definition) is 3. The number of nitrogens with zero attached hydrogens (tertiary/aromatic N) is 1. The molecule has 1 aliphatic heterocycles. The highest BCUT2D eigenvalue weighted by molar-refractivity contribution is 6.22. The van der Waals surface area contributed by atoms with Crippen molar-refractivity contribution < 1.29 is 28.7 Å². The molecule has 34 heavy (non-hydrogen) atoms. The minimum Gasteiger partial charge on any atom is -0.483 e. The molecular formula is C24H34N4O6. The lowest BCUT2D eigenvalue weighted by atomic mass is 10.1. The quantitative estimate of drug-likeness (QED) is 0.187. The molecule has 0 saturated carbocycles. The molecular weight excluding hydrogens is 440 g/mol. The molecule has 0 fully saturated rings. The molecule has 0 bridgehead atoms. The number of nitrogens with two attached hydrogens (primary N) is 1. The number of benzene rings is 1. The summed E-state index contributed by atoms with van der Waals surface area (Å²) in [4.78, 5) is 60.9. The molecule has 186 valence electrons. The molecule has 10 heteroatoms. The van der Waals surface area contributed by atoms with E-state index in [4.69, 9.17) is 10.5 Å². The third-order valence-electron chi connectivity index (χ3n) is 5.67. The van der Waals surface area contributed by atoms with E-state index in [-0.39, 0.29) is 42.2 Å². The van der Waals surface area contributed by atoms with E-state index in [9.17, 15) is 24.0 Å². The smallest absolute Gasteiger partial charge is 0.265 e. The minimum atomic E-state index is -0.559. The van der Waals surface area contributed by atoms with Gasteiger partial charge >= 0.3 is 0 Å². The molecule has 1 atom stereocenters. The topological polar surface area (TPSA) is 148 Å². The molecule has 0 spiro atoms. The lowest BCUT2D eigenvalue weighted by molar-refractivity contribution is -0.125. The summed E-state index contributed by atoms with van der Waals surface area (Å²) >= 11 is 0. The number of hydrogen-bond acceptors (Lipinski definition) is 7. The van der Waals surface area contributed by atoms with Gasteiger partial charge < -0.3 is 15.8 Å². The second kappa shape index (κ2) is 14.1. The number of rotatable bonds is 16. The van der Waals surface area contributed by atoms with Gasteiger partial charge in [-0.25, -0.2) is 0 Å². The molecule has 1 aliphatic rings. The van der Waals surface area contributed by atoms with Gasteiger partial charge in [0.25, 0.3) is 17.7 Å². The van der Waals surface area contributed by atoms with E-state index in [1.54, 1.807) is 19.1 Å². The Morgan fingerprint density at radius 3 is 2.47 bits per heavy atom. The Morgan fingerprint density at radius 2 is 1.76 bits per heavy atom. The van der Waals surface area contributed by atoms with Crippen molar-refractivity contribution in [1.29, 1.82) is 0 Å². The fourth-order valence-electron chi connectivity index (χ4n) is 3.80. The van der Waals surface area contributed by atoms with Crippen LogP contribution in [0, 0.1) is 0 Å². The number of carbonyl (C=O) groups excluding carboxylic acids is 5. The molecule has 1 heterocycles. The lowest BCUT2D eigenvalue weighted by Gasteiger charge is -2.22. The summed E-state index contributed by atoms with van der Waals surface area (Å²) in [6, 6.07) is 4.11. The maximum absolute atomic E-state index is 13.0. The summed E-state index contributed by atoms with van der Waals surface area (Å²) in [6.07, 6.45) is 6.81. The van der Waals surface area contributed by atoms with E-state index in [0.717, 1.165) is 50.0 Å². The van der Waals surface area contributed by atoms with E-state index in [1.165, 1.54) is 6.07 Å². The molecule has 1 aromatic rings. The minimum absolute atomic E-state index is 0.00938. The summed E-state index contributed by atoms with van der Waals surface area (Å²) < 4.78 is 5.58. The lowest BCUT2D eigenvalue weighted by Crippen LogP contribution is -2.38. The van der Waals surface area contributed by atoms with Crippen molar-refractivity contribution in [2.75, 3.05) is 19.7 Å². The van der Waals surface area contributed by atoms with Crippen LogP contribution in [-0.4, -0.2) is 60.7 Å². The number of fused-ring (bicyclic) bond motifs is 1. The van der Waals surface area contributed by atoms with Gasteiger partial charge in [-0.3, -0.25) is 34.2 Å². The van der Waals surface area contributed by atoms with Crippen molar-refractivity contribution in [3.63, 3.8) is 0 Å². The van der Waals surface area contributed by atoms with Crippen LogP contribution in [0.5, 0.6) is 5.75 Å². The van der Waals surface area contributed by atoms with Gasteiger partial charge in [0.15, 0.2) is 6.61 Å². The van der Waals surface area contributed by atoms with E-state index in [0.29, 0.717) is 13.0 Å². The Bertz CT molecular complexity index is 888. The fourth-order valence-corrected chi connectivity index (χ4v) is 3.80. The number of ether oxygens (including phenoxy) is 1. The Labute approximate surface area is 199 Å². The van der Waals surface area contributed by atoms with Gasteiger partial charge in [-0.05, 0) is 44.9 Å². The maximum atomic E-state index is 13.0. The molecule has 4 N–H and O–H groups in total. The Morgan fingerprint density at radius 1 is 1.06 bits per heavy atom. The Kier molecular flexibility index (Phi) is 11.2. The van der Waals surface area contributed by atoms with Crippen LogP contribution in [0.3, 0.4) is 0 Å². The first-order chi connectivity index (χ1) is 16.4. The normalized spacial score (nSPS) is 13.4. The highest BCUT2D eigenvalue weighted by Crippen LogP contribution is 2.32. The maximum Gasteiger partial charge on any atom is 0.265 e. The van der Waals surface area contributed by atoms with Crippen molar-refractivity contribution in [1.82, 2.24) is 15.5 Å². The number of amides is 5. The summed E-state index contributed by atoms with van der Waals surface area (Å²) in [5, 5.41) is 4.83. The van der Waals surface area contributed by atoms with Gasteiger partial charge in [-0.2, -0.15) is 0 Å². The predicted octanol–water partition coefficient (Wildman–Crippen LogP) is 1.52. The van der Waals surface area contributed by atoms with E-state index < -0.39 is 23.8 Å². The number of carbonyl (C=O) groups is 5. The van der Waals surface area contributed by atoms with E-state index >= 15 is 0 Å². The van der Waals surface area contributed by atoms with Crippen molar-refractivity contribution >= 4 is 30.0 Å². The van der Waals surface area contributed by atoms with E-state index in [1.807, 2.05) is 5.32 Å². The second-order valence-corrected chi connectivity index (χ2v) is 8.28. The summed E-state index contributed by atoms with van der Waals surface area (Å²) in [5.41, 5.74) is 5.78. The standard InChI is InChI=1S/C24H34N4O6/c1-17(11-12-20(30)27-16-29)28-23(32)18-9-8-10-19(22(18)24(28)33)34-15-21(31)26-14-7-5-3-2-4-6-13-25/h8-10,16-17H,2-7,11-15,25H2,1H3,(H,26,31)(H,27,29,30). The first-order valence-corrected chi connectivity index (χ1v) is 11.7. The van der Waals surface area contributed by atoms with Gasteiger partial charge in [0.1, 0.15) is 5.75 Å². The van der Waals surface area contributed by atoms with Crippen LogP contribution >= 0.6 is 0 Å². The summed E-state index contributed by atoms with van der Waals surface area (Å²) in [7, 11) is 0. The van der Waals surface area contributed by atoms with Crippen molar-refractivity contribution in [3.05, 3.63) is 29.3 Å². The predicted molar refractivity (Wildman–Crippen MR) is 125 cm³/mol. The molecule has 0 aromatic heterocycles. The zero-order valence-electron chi connectivity index (χ0n) is 19.6. The van der Waals surface area contributed by atoms with Crippen LogP contribution in [0.2, 0.25) is 0 Å². The zero-order valence-corrected chi connectivity index (χ0v) is 19.6. The molecule has 0 saturated heterocycles. The fraction of sp³-hybridized carbons (Fsp3) is 0.542. The molecule has 5 amide bonds. The second-order valence-electron chi connectivity index (χ2n) is 8.28. The number of unbranched alkanes of at least 4 members (excludes halogenated alkanes) is 5. The summed E-state index contributed by atoms with van der Waals surface area (Å²) in [5.74, 6) is -1.64. The molecule has 1 aromatic carbocycles. The average molecular weight is 475 g/mol. The number of nitrogens with one attached hydrogen (secondary N) is 2. The highest BCUT2D eigenvalue weighted by atomic mass is 16.5. The Hall–Kier alpha value is -3.27. The zero-order chi connectivity index (χ0) is 24.9. The largest absolute Gasteiger partial charge is 0.483 e. The van der Waals surface area contributed by atoms with Crippen LogP contribution in [0.15, 0.2) is 18.2 Å². The molecule has 0 radical (unpaired) electrons. The van der Waals surface area contributed by atoms with Crippen LogP contribution < -0.4 is 21.1 Å². The average Bonchev–Trinajstić information content (AvgIpc) is 3.08. The Balaban J connectivity index is 1.85.